The third kappa shape index (κ3) is 4.62. The molecule has 1 atom stereocenters. The van der Waals surface area contributed by atoms with Gasteiger partial charge in [0.15, 0.2) is 0 Å². The molecule has 8 nitrogen and oxygen atoms in total. The van der Waals surface area contributed by atoms with Crippen LogP contribution in [0.4, 0.5) is 0 Å². The fourth-order valence-corrected chi connectivity index (χ4v) is 3.59. The van der Waals surface area contributed by atoms with Gasteiger partial charge in [-0.05, 0) is 20.3 Å². The van der Waals surface area contributed by atoms with Gasteiger partial charge in [-0.15, -0.1) is 0 Å². The Morgan fingerprint density at radius 1 is 1.31 bits per heavy atom. The highest BCUT2D eigenvalue weighted by Crippen LogP contribution is 2.18. The van der Waals surface area contributed by atoms with E-state index in [9.17, 15) is 9.59 Å². The predicted molar refractivity (Wildman–Crippen MR) is 96.5 cm³/mol. The van der Waals surface area contributed by atoms with Gasteiger partial charge in [0.1, 0.15) is 0 Å². The molecule has 0 saturated carbocycles. The van der Waals surface area contributed by atoms with Gasteiger partial charge in [-0.2, -0.15) is 5.10 Å². The van der Waals surface area contributed by atoms with Crippen LogP contribution in [0.3, 0.4) is 0 Å². The maximum atomic E-state index is 12.6. The molecule has 2 amide bonds. The average molecular weight is 363 g/mol. The molecule has 0 bridgehead atoms. The van der Waals surface area contributed by atoms with Crippen LogP contribution < -0.4 is 5.32 Å². The van der Waals surface area contributed by atoms with E-state index in [1.165, 1.54) is 0 Å². The molecule has 3 heterocycles. The molecular formula is C18H29N5O3. The summed E-state index contributed by atoms with van der Waals surface area (Å²) in [5.74, 6) is 0.0441. The highest BCUT2D eigenvalue weighted by atomic mass is 16.5. The summed E-state index contributed by atoms with van der Waals surface area (Å²) in [6, 6.07) is 0. The van der Waals surface area contributed by atoms with Crippen LogP contribution in [-0.2, 0) is 20.9 Å². The summed E-state index contributed by atoms with van der Waals surface area (Å²) >= 11 is 0. The molecular weight excluding hydrogens is 334 g/mol. The number of aromatic nitrogens is 2. The van der Waals surface area contributed by atoms with Crippen molar-refractivity contribution in [3.63, 3.8) is 0 Å². The first-order valence-corrected chi connectivity index (χ1v) is 9.40. The van der Waals surface area contributed by atoms with Crippen LogP contribution in [0.5, 0.6) is 0 Å². The van der Waals surface area contributed by atoms with Crippen LogP contribution in [0.25, 0.3) is 0 Å². The summed E-state index contributed by atoms with van der Waals surface area (Å²) < 4.78 is 5.35. The third-order valence-corrected chi connectivity index (χ3v) is 5.38. The predicted octanol–water partition coefficient (Wildman–Crippen LogP) is 0.214. The zero-order chi connectivity index (χ0) is 18.5. The second kappa shape index (κ2) is 8.64. The number of hydrogen-bond acceptors (Lipinski definition) is 5. The van der Waals surface area contributed by atoms with E-state index in [0.717, 1.165) is 49.8 Å². The molecule has 0 aromatic carbocycles. The van der Waals surface area contributed by atoms with E-state index in [4.69, 9.17) is 4.74 Å². The number of H-pyrrole nitrogens is 1. The molecule has 1 aromatic rings. The molecule has 2 aliphatic heterocycles. The quantitative estimate of drug-likeness (QED) is 0.754. The van der Waals surface area contributed by atoms with Crippen molar-refractivity contribution in [3.05, 3.63) is 17.0 Å². The van der Waals surface area contributed by atoms with E-state index in [-0.39, 0.29) is 17.7 Å². The van der Waals surface area contributed by atoms with Crippen molar-refractivity contribution < 1.29 is 14.3 Å². The van der Waals surface area contributed by atoms with Crippen LogP contribution in [-0.4, -0.2) is 77.7 Å². The summed E-state index contributed by atoms with van der Waals surface area (Å²) in [5.41, 5.74) is 2.93. The molecule has 0 aliphatic carbocycles. The largest absolute Gasteiger partial charge is 0.379 e. The van der Waals surface area contributed by atoms with Crippen molar-refractivity contribution >= 4 is 11.8 Å². The number of piperidine rings is 1. The van der Waals surface area contributed by atoms with Gasteiger partial charge in [0.2, 0.25) is 11.8 Å². The molecule has 2 N–H and O–H groups in total. The van der Waals surface area contributed by atoms with Crippen LogP contribution in [0.2, 0.25) is 0 Å². The van der Waals surface area contributed by atoms with E-state index >= 15 is 0 Å². The van der Waals surface area contributed by atoms with Crippen LogP contribution >= 0.6 is 0 Å². The van der Waals surface area contributed by atoms with Gasteiger partial charge >= 0.3 is 0 Å². The normalized spacial score (nSPS) is 21.8. The first-order valence-electron chi connectivity index (χ1n) is 9.40. The molecule has 144 valence electrons. The number of carbonyl (C=O) groups is 2. The first-order chi connectivity index (χ1) is 12.5. The number of carbonyl (C=O) groups excluding carboxylic acids is 2. The summed E-state index contributed by atoms with van der Waals surface area (Å²) in [6.07, 6.45) is 1.08. The molecule has 0 radical (unpaired) electrons. The maximum Gasteiger partial charge on any atom is 0.225 e. The summed E-state index contributed by atoms with van der Waals surface area (Å²) in [7, 11) is 0. The van der Waals surface area contributed by atoms with Crippen molar-refractivity contribution in [1.29, 1.82) is 0 Å². The Labute approximate surface area is 154 Å². The number of likely N-dealkylation sites (tertiary alicyclic amines) is 1. The smallest absolute Gasteiger partial charge is 0.225 e. The lowest BCUT2D eigenvalue weighted by molar-refractivity contribution is -0.138. The molecule has 8 heteroatoms. The number of hydrogen-bond donors (Lipinski definition) is 2. The molecule has 0 spiro atoms. The highest BCUT2D eigenvalue weighted by molar-refractivity contribution is 5.83. The zero-order valence-electron chi connectivity index (χ0n) is 15.7. The number of nitrogens with one attached hydrogen (secondary N) is 2. The fraction of sp³-hybridized carbons (Fsp3) is 0.722. The van der Waals surface area contributed by atoms with Gasteiger partial charge in [-0.1, -0.05) is 0 Å². The van der Waals surface area contributed by atoms with Crippen LogP contribution in [0.15, 0.2) is 0 Å². The lowest BCUT2D eigenvalue weighted by atomic mass is 9.96. The van der Waals surface area contributed by atoms with E-state index < -0.39 is 0 Å². The van der Waals surface area contributed by atoms with Crippen LogP contribution in [0, 0.1) is 19.8 Å². The number of nitrogens with zero attached hydrogens (tertiary/aromatic N) is 3. The second-order valence-electron chi connectivity index (χ2n) is 7.16. The Balaban J connectivity index is 1.48. The Bertz CT molecular complexity index is 619. The lowest BCUT2D eigenvalue weighted by Crippen LogP contribution is -2.49. The number of morpholine rings is 1. The number of amides is 2. The van der Waals surface area contributed by atoms with E-state index in [1.54, 1.807) is 0 Å². The first kappa shape index (κ1) is 18.8. The molecule has 2 saturated heterocycles. The van der Waals surface area contributed by atoms with Gasteiger partial charge in [0.25, 0.3) is 0 Å². The zero-order valence-corrected chi connectivity index (χ0v) is 15.7. The Morgan fingerprint density at radius 3 is 2.77 bits per heavy atom. The molecule has 26 heavy (non-hydrogen) atoms. The summed E-state index contributed by atoms with van der Waals surface area (Å²) in [6.45, 7) is 9.73. The molecule has 2 fully saturated rings. The van der Waals surface area contributed by atoms with E-state index in [2.05, 4.69) is 20.4 Å². The van der Waals surface area contributed by atoms with Gasteiger partial charge in [-0.25, -0.2) is 0 Å². The SMILES string of the molecule is Cc1n[nH]c(C)c1CNC(=O)C1CCC(=O)N(CCN2CCOCC2)C1. The number of aromatic amines is 1. The lowest BCUT2D eigenvalue weighted by Gasteiger charge is -2.34. The number of ether oxygens (including phenoxy) is 1. The van der Waals surface area contributed by atoms with Crippen molar-refractivity contribution in [2.24, 2.45) is 5.92 Å². The van der Waals surface area contributed by atoms with E-state index in [1.807, 2.05) is 18.7 Å². The Kier molecular flexibility index (Phi) is 6.26. The van der Waals surface area contributed by atoms with E-state index in [0.29, 0.717) is 32.5 Å². The monoisotopic (exact) mass is 363 g/mol. The van der Waals surface area contributed by atoms with Gasteiger partial charge in [-0.3, -0.25) is 19.6 Å². The van der Waals surface area contributed by atoms with Crippen molar-refractivity contribution in [1.82, 2.24) is 25.3 Å². The minimum Gasteiger partial charge on any atom is -0.379 e. The van der Waals surface area contributed by atoms with Gasteiger partial charge < -0.3 is 15.0 Å². The van der Waals surface area contributed by atoms with Crippen molar-refractivity contribution in [2.75, 3.05) is 45.9 Å². The summed E-state index contributed by atoms with van der Waals surface area (Å²) in [4.78, 5) is 28.9. The minimum absolute atomic E-state index is 0.0221. The van der Waals surface area contributed by atoms with Crippen molar-refractivity contribution in [2.45, 2.75) is 33.2 Å². The molecule has 3 rings (SSSR count). The summed E-state index contributed by atoms with van der Waals surface area (Å²) in [5, 5.41) is 10.1. The highest BCUT2D eigenvalue weighted by Gasteiger charge is 2.30. The topological polar surface area (TPSA) is 90.6 Å². The van der Waals surface area contributed by atoms with Crippen LogP contribution in [0.1, 0.15) is 29.8 Å². The Morgan fingerprint density at radius 2 is 2.08 bits per heavy atom. The minimum atomic E-state index is -0.134. The van der Waals surface area contributed by atoms with Crippen molar-refractivity contribution in [3.8, 4) is 0 Å². The average Bonchev–Trinajstić information content (AvgIpc) is 2.97. The maximum absolute atomic E-state index is 12.6. The standard InChI is InChI=1S/C18H29N5O3/c1-13-16(14(2)21-20-13)11-19-18(25)15-3-4-17(24)23(12-15)6-5-22-7-9-26-10-8-22/h15H,3-12H2,1-2H3,(H,19,25)(H,20,21). The van der Waals surface area contributed by atoms with Gasteiger partial charge in [0, 0.05) is 56.9 Å². The second-order valence-corrected chi connectivity index (χ2v) is 7.16. The fourth-order valence-electron chi connectivity index (χ4n) is 3.59. The third-order valence-electron chi connectivity index (χ3n) is 5.38. The molecule has 1 aromatic heterocycles. The molecule has 1 unspecified atom stereocenters. The Hall–Kier alpha value is -1.93. The molecule has 2 aliphatic rings. The van der Waals surface area contributed by atoms with Gasteiger partial charge in [0.05, 0.1) is 24.8 Å². The number of rotatable bonds is 6. The number of aryl methyl sites for hydroxylation is 2.